The maximum atomic E-state index is 5.13. The molecule has 0 saturated carbocycles. The zero-order chi connectivity index (χ0) is 7.68. The molecule has 1 aliphatic heterocycles. The molecule has 0 atom stereocenters. The fourth-order valence-electron chi connectivity index (χ4n) is 1.05. The maximum absolute atomic E-state index is 5.13. The molecule has 0 amide bonds. The molecule has 0 unspecified atom stereocenters. The zero-order valence-electron chi connectivity index (χ0n) is 6.23. The Bertz CT molecular complexity index is 220. The van der Waals surface area contributed by atoms with E-state index in [4.69, 9.17) is 4.74 Å². The highest BCUT2D eigenvalue weighted by molar-refractivity contribution is 7.13. The molecule has 4 nitrogen and oxygen atoms in total. The van der Waals surface area contributed by atoms with Crippen LogP contribution in [0.2, 0.25) is 0 Å². The summed E-state index contributed by atoms with van der Waals surface area (Å²) >= 11 is 1.57. The van der Waals surface area contributed by atoms with Gasteiger partial charge in [0.1, 0.15) is 5.51 Å². The normalized spacial score (nSPS) is 18.5. The molecule has 0 aromatic carbocycles. The average Bonchev–Trinajstić information content (AvgIpc) is 2.37. The molecule has 2 rings (SSSR count). The van der Waals surface area contributed by atoms with Crippen LogP contribution in [0.25, 0.3) is 0 Å². The van der Waals surface area contributed by atoms with Crippen LogP contribution in [0, 0.1) is 0 Å². The van der Waals surface area contributed by atoms with Crippen LogP contribution in [0.15, 0.2) is 5.51 Å². The monoisotopic (exact) mass is 171 g/mol. The second-order valence-corrected chi connectivity index (χ2v) is 3.30. The van der Waals surface area contributed by atoms with Crippen molar-refractivity contribution in [1.29, 1.82) is 0 Å². The van der Waals surface area contributed by atoms with Crippen LogP contribution in [0.3, 0.4) is 0 Å². The van der Waals surface area contributed by atoms with E-state index in [0.29, 0.717) is 6.10 Å². The summed E-state index contributed by atoms with van der Waals surface area (Å²) in [7, 11) is 1.74. The average molecular weight is 171 g/mol. The second kappa shape index (κ2) is 2.75. The summed E-state index contributed by atoms with van der Waals surface area (Å²) in [6.07, 6.45) is 0.388. The van der Waals surface area contributed by atoms with Gasteiger partial charge in [0.15, 0.2) is 0 Å². The molecule has 5 heteroatoms. The Morgan fingerprint density at radius 1 is 1.73 bits per heavy atom. The Morgan fingerprint density at radius 2 is 2.55 bits per heavy atom. The van der Waals surface area contributed by atoms with Crippen molar-refractivity contribution < 1.29 is 4.74 Å². The van der Waals surface area contributed by atoms with E-state index in [1.807, 2.05) is 0 Å². The Kier molecular flexibility index (Phi) is 1.75. The van der Waals surface area contributed by atoms with Crippen molar-refractivity contribution in [3.63, 3.8) is 0 Å². The predicted octanol–water partition coefficient (Wildman–Crippen LogP) is 0.373. The molecule has 1 fully saturated rings. The molecular formula is C6H9N3OS. The van der Waals surface area contributed by atoms with E-state index in [0.717, 1.165) is 18.2 Å². The standard InChI is InChI=1S/C6H9N3OS/c1-10-5-2-9(3-5)6-8-7-4-11-6/h4-5H,2-3H2,1H3. The Morgan fingerprint density at radius 3 is 3.09 bits per heavy atom. The molecule has 0 bridgehead atoms. The number of hydrogen-bond donors (Lipinski definition) is 0. The van der Waals surface area contributed by atoms with Crippen molar-refractivity contribution in [2.75, 3.05) is 25.1 Å². The van der Waals surface area contributed by atoms with Crippen molar-refractivity contribution >= 4 is 16.5 Å². The Labute approximate surface area is 68.8 Å². The van der Waals surface area contributed by atoms with Crippen molar-refractivity contribution in [3.05, 3.63) is 5.51 Å². The van der Waals surface area contributed by atoms with E-state index in [9.17, 15) is 0 Å². The summed E-state index contributed by atoms with van der Waals surface area (Å²) in [5, 5.41) is 8.71. The van der Waals surface area contributed by atoms with Gasteiger partial charge >= 0.3 is 0 Å². The van der Waals surface area contributed by atoms with E-state index >= 15 is 0 Å². The minimum absolute atomic E-state index is 0.388. The molecule has 1 saturated heterocycles. The van der Waals surface area contributed by atoms with Gasteiger partial charge in [0.25, 0.3) is 0 Å². The molecule has 1 aromatic heterocycles. The third-order valence-corrected chi connectivity index (χ3v) is 2.55. The smallest absolute Gasteiger partial charge is 0.208 e. The topological polar surface area (TPSA) is 38.2 Å². The van der Waals surface area contributed by atoms with Crippen LogP contribution in [0.1, 0.15) is 0 Å². The van der Waals surface area contributed by atoms with Crippen molar-refractivity contribution in [1.82, 2.24) is 10.2 Å². The van der Waals surface area contributed by atoms with E-state index in [1.54, 1.807) is 24.0 Å². The zero-order valence-corrected chi connectivity index (χ0v) is 7.04. The quantitative estimate of drug-likeness (QED) is 0.644. The van der Waals surface area contributed by atoms with Crippen molar-refractivity contribution in [2.45, 2.75) is 6.10 Å². The summed E-state index contributed by atoms with van der Waals surface area (Å²) in [6, 6.07) is 0. The highest BCUT2D eigenvalue weighted by Crippen LogP contribution is 2.22. The summed E-state index contributed by atoms with van der Waals surface area (Å²) in [4.78, 5) is 2.16. The van der Waals surface area contributed by atoms with Gasteiger partial charge in [-0.05, 0) is 0 Å². The first-order valence-corrected chi connectivity index (χ1v) is 4.32. The highest BCUT2D eigenvalue weighted by Gasteiger charge is 2.28. The lowest BCUT2D eigenvalue weighted by Gasteiger charge is -2.37. The molecule has 60 valence electrons. The van der Waals surface area contributed by atoms with E-state index < -0.39 is 0 Å². The van der Waals surface area contributed by atoms with Gasteiger partial charge in [-0.2, -0.15) is 0 Å². The van der Waals surface area contributed by atoms with Gasteiger partial charge in [-0.25, -0.2) is 0 Å². The lowest BCUT2D eigenvalue weighted by Crippen LogP contribution is -2.51. The van der Waals surface area contributed by atoms with Crippen LogP contribution in [-0.4, -0.2) is 36.5 Å². The van der Waals surface area contributed by atoms with Gasteiger partial charge in [0.2, 0.25) is 5.13 Å². The highest BCUT2D eigenvalue weighted by atomic mass is 32.1. The minimum Gasteiger partial charge on any atom is -0.378 e. The first kappa shape index (κ1) is 7.00. The van der Waals surface area contributed by atoms with Crippen LogP contribution in [0.4, 0.5) is 5.13 Å². The van der Waals surface area contributed by atoms with Crippen molar-refractivity contribution in [3.8, 4) is 0 Å². The minimum atomic E-state index is 0.388. The summed E-state index contributed by atoms with van der Waals surface area (Å²) in [6.45, 7) is 1.90. The van der Waals surface area contributed by atoms with Crippen LogP contribution in [-0.2, 0) is 4.74 Å². The second-order valence-electron chi connectivity index (χ2n) is 2.48. The summed E-state index contributed by atoms with van der Waals surface area (Å²) < 4.78 is 5.13. The molecule has 0 N–H and O–H groups in total. The number of anilines is 1. The number of nitrogens with zero attached hydrogens (tertiary/aromatic N) is 3. The molecule has 1 aromatic rings. The number of rotatable bonds is 2. The van der Waals surface area contributed by atoms with Gasteiger partial charge in [0, 0.05) is 20.2 Å². The van der Waals surface area contributed by atoms with Crippen LogP contribution in [0.5, 0.6) is 0 Å². The van der Waals surface area contributed by atoms with Gasteiger partial charge < -0.3 is 9.64 Å². The predicted molar refractivity (Wildman–Crippen MR) is 42.9 cm³/mol. The lowest BCUT2D eigenvalue weighted by atomic mass is 10.2. The molecule has 0 radical (unpaired) electrons. The van der Waals surface area contributed by atoms with E-state index in [-0.39, 0.29) is 0 Å². The lowest BCUT2D eigenvalue weighted by molar-refractivity contribution is 0.0787. The molecule has 0 aliphatic carbocycles. The Hall–Kier alpha value is -0.680. The largest absolute Gasteiger partial charge is 0.378 e. The van der Waals surface area contributed by atoms with Crippen LogP contribution >= 0.6 is 11.3 Å². The number of ether oxygens (including phenoxy) is 1. The first-order valence-electron chi connectivity index (χ1n) is 3.44. The number of hydrogen-bond acceptors (Lipinski definition) is 5. The summed E-state index contributed by atoms with van der Waals surface area (Å²) in [5.74, 6) is 0. The molecule has 11 heavy (non-hydrogen) atoms. The first-order chi connectivity index (χ1) is 5.40. The van der Waals surface area contributed by atoms with Gasteiger partial charge in [-0.1, -0.05) is 11.3 Å². The van der Waals surface area contributed by atoms with E-state index in [2.05, 4.69) is 15.1 Å². The molecule has 0 spiro atoms. The molecule has 1 aliphatic rings. The third kappa shape index (κ3) is 1.21. The summed E-state index contributed by atoms with van der Waals surface area (Å²) in [5.41, 5.74) is 1.75. The van der Waals surface area contributed by atoms with Crippen LogP contribution < -0.4 is 4.90 Å². The van der Waals surface area contributed by atoms with Crippen molar-refractivity contribution in [2.24, 2.45) is 0 Å². The van der Waals surface area contributed by atoms with E-state index in [1.165, 1.54) is 0 Å². The third-order valence-electron chi connectivity index (χ3n) is 1.80. The van der Waals surface area contributed by atoms with Gasteiger partial charge in [-0.15, -0.1) is 10.2 Å². The fourth-order valence-corrected chi connectivity index (χ4v) is 1.63. The molecule has 2 heterocycles. The SMILES string of the molecule is COC1CN(c2nncs2)C1. The number of methoxy groups -OCH3 is 1. The van der Waals surface area contributed by atoms with Gasteiger partial charge in [0.05, 0.1) is 6.10 Å². The molecular weight excluding hydrogens is 162 g/mol. The maximum Gasteiger partial charge on any atom is 0.208 e. The number of aromatic nitrogens is 2. The fraction of sp³-hybridized carbons (Fsp3) is 0.667. The Balaban J connectivity index is 1.92. The van der Waals surface area contributed by atoms with Gasteiger partial charge in [-0.3, -0.25) is 0 Å².